The summed E-state index contributed by atoms with van der Waals surface area (Å²) in [4.78, 5) is 0. The van der Waals surface area contributed by atoms with E-state index in [1.165, 1.54) is 6.26 Å². The molecule has 32 heavy (non-hydrogen) atoms. The molecule has 0 bridgehead atoms. The van der Waals surface area contributed by atoms with Gasteiger partial charge in [-0.3, -0.25) is 0 Å². The summed E-state index contributed by atoms with van der Waals surface area (Å²) in [5.74, 6) is 1.49. The number of hydrogen-bond acceptors (Lipinski definition) is 6. The van der Waals surface area contributed by atoms with Crippen molar-refractivity contribution in [1.29, 1.82) is 0 Å². The summed E-state index contributed by atoms with van der Waals surface area (Å²) in [6, 6.07) is 9.87. The number of aliphatic hydroxyl groups excluding tert-OH is 2. The van der Waals surface area contributed by atoms with E-state index < -0.39 is 34.9 Å². The highest BCUT2D eigenvalue weighted by Crippen LogP contribution is 2.46. The Bertz CT molecular complexity index is 950. The zero-order valence-electron chi connectivity index (χ0n) is 18.4. The van der Waals surface area contributed by atoms with Crippen LogP contribution in [-0.2, 0) is 28.8 Å². The number of aliphatic hydroxyl groups is 2. The largest absolute Gasteiger partial charge is 0.614 e. The molecule has 2 aromatic rings. The van der Waals surface area contributed by atoms with Crippen LogP contribution in [0.15, 0.2) is 30.3 Å². The van der Waals surface area contributed by atoms with Crippen LogP contribution in [0.2, 0.25) is 5.02 Å². The highest BCUT2D eigenvalue weighted by molar-refractivity contribution is 7.91. The van der Waals surface area contributed by atoms with Crippen molar-refractivity contribution in [3.05, 3.63) is 57.6 Å². The van der Waals surface area contributed by atoms with Crippen molar-refractivity contribution < 1.29 is 29.0 Å². The number of benzene rings is 2. The average Bonchev–Trinajstić information content (AvgIpc) is 3.15. The van der Waals surface area contributed by atoms with Gasteiger partial charge in [0.2, 0.25) is 5.44 Å². The number of hydrogen-bond donors (Lipinski definition) is 2. The topological polar surface area (TPSA) is 91.2 Å². The van der Waals surface area contributed by atoms with E-state index in [1.54, 1.807) is 0 Å². The molecule has 0 saturated carbocycles. The summed E-state index contributed by atoms with van der Waals surface area (Å²) in [6.45, 7) is 4.55. The van der Waals surface area contributed by atoms with Crippen LogP contribution in [0.3, 0.4) is 0 Å². The third kappa shape index (κ3) is 4.74. The van der Waals surface area contributed by atoms with Crippen LogP contribution in [0.4, 0.5) is 0 Å². The first-order valence-corrected chi connectivity index (χ1v) is 12.8. The van der Waals surface area contributed by atoms with Gasteiger partial charge in [-0.1, -0.05) is 23.7 Å². The Morgan fingerprint density at radius 3 is 2.62 bits per heavy atom. The van der Waals surface area contributed by atoms with Gasteiger partial charge in [0.25, 0.3) is 0 Å². The highest BCUT2D eigenvalue weighted by atomic mass is 35.5. The Morgan fingerprint density at radius 1 is 1.25 bits per heavy atom. The van der Waals surface area contributed by atoms with Crippen LogP contribution in [0.25, 0.3) is 0 Å². The molecule has 0 spiro atoms. The third-order valence-electron chi connectivity index (χ3n) is 5.95. The lowest BCUT2D eigenvalue weighted by Gasteiger charge is -2.37. The van der Waals surface area contributed by atoms with Gasteiger partial charge in [-0.15, -0.1) is 0 Å². The SMILES string of the molecule is CCOc1ccc(Cc2cc([C@H]3C[C@@H](O)[C@H](O)[C@@H]([S+](C)[O-])O3)c3c(c2Cl)CC(C)O3)cc1. The molecule has 174 valence electrons. The lowest BCUT2D eigenvalue weighted by atomic mass is 9.91. The zero-order chi connectivity index (χ0) is 23.0. The van der Waals surface area contributed by atoms with E-state index in [4.69, 9.17) is 25.8 Å². The molecule has 0 amide bonds. The molecular formula is C24H29ClO6S. The molecule has 2 aliphatic rings. The first-order valence-electron chi connectivity index (χ1n) is 10.8. The van der Waals surface area contributed by atoms with Crippen LogP contribution in [0.1, 0.15) is 48.6 Å². The summed E-state index contributed by atoms with van der Waals surface area (Å²) in [5.41, 5.74) is 2.75. The summed E-state index contributed by atoms with van der Waals surface area (Å²) < 4.78 is 29.7. The molecular weight excluding hydrogens is 452 g/mol. The van der Waals surface area contributed by atoms with Gasteiger partial charge >= 0.3 is 0 Å². The van der Waals surface area contributed by atoms with Gasteiger partial charge in [0.05, 0.1) is 30.1 Å². The van der Waals surface area contributed by atoms with Gasteiger partial charge in [0, 0.05) is 24.0 Å². The molecule has 2 aromatic carbocycles. The van der Waals surface area contributed by atoms with Crippen molar-refractivity contribution in [3.63, 3.8) is 0 Å². The fourth-order valence-electron chi connectivity index (χ4n) is 4.41. The van der Waals surface area contributed by atoms with E-state index in [-0.39, 0.29) is 12.5 Å². The smallest absolute Gasteiger partial charge is 0.244 e. The van der Waals surface area contributed by atoms with E-state index in [1.807, 2.05) is 44.2 Å². The van der Waals surface area contributed by atoms with Crippen molar-refractivity contribution in [2.24, 2.45) is 0 Å². The summed E-state index contributed by atoms with van der Waals surface area (Å²) in [6.07, 6.45) is 0.118. The quantitative estimate of drug-likeness (QED) is 0.614. The average molecular weight is 481 g/mol. The molecule has 8 heteroatoms. The molecule has 0 aromatic heterocycles. The standard InChI is InChI=1S/C24H29ClO6S/c1-4-29-16-7-5-14(6-8-16)10-15-11-17(23-18(21(15)25)9-13(2)30-23)20-12-19(26)22(27)24(31-20)32(3)28/h5-8,11,13,19-20,22,24,26-27H,4,9-10,12H2,1-3H3/t13?,19-,20-,22+,24-,32?/m1/s1. The molecule has 0 radical (unpaired) electrons. The molecule has 2 aliphatic heterocycles. The molecule has 2 N–H and O–H groups in total. The highest BCUT2D eigenvalue weighted by Gasteiger charge is 2.44. The van der Waals surface area contributed by atoms with Crippen LogP contribution in [0, 0.1) is 0 Å². The predicted molar refractivity (Wildman–Crippen MR) is 124 cm³/mol. The molecule has 1 fully saturated rings. The van der Waals surface area contributed by atoms with E-state index in [0.29, 0.717) is 30.2 Å². The van der Waals surface area contributed by atoms with Crippen LogP contribution in [0.5, 0.6) is 11.5 Å². The van der Waals surface area contributed by atoms with Crippen molar-refractivity contribution in [3.8, 4) is 11.5 Å². The first kappa shape index (κ1) is 23.7. The van der Waals surface area contributed by atoms with Gasteiger partial charge in [0.1, 0.15) is 17.6 Å². The number of fused-ring (bicyclic) bond motifs is 1. The monoisotopic (exact) mass is 480 g/mol. The fourth-order valence-corrected chi connectivity index (χ4v) is 5.56. The van der Waals surface area contributed by atoms with Crippen molar-refractivity contribution in [1.82, 2.24) is 0 Å². The first-order chi connectivity index (χ1) is 15.3. The van der Waals surface area contributed by atoms with Gasteiger partial charge in [-0.2, -0.15) is 0 Å². The minimum atomic E-state index is -1.46. The Hall–Kier alpha value is -1.48. The minimum absolute atomic E-state index is 0.0304. The summed E-state index contributed by atoms with van der Waals surface area (Å²) in [7, 11) is 0. The maximum atomic E-state index is 12.1. The second kappa shape index (κ2) is 9.79. The second-order valence-corrected chi connectivity index (χ2v) is 10.3. The van der Waals surface area contributed by atoms with Crippen LogP contribution in [-0.4, -0.2) is 51.4 Å². The van der Waals surface area contributed by atoms with Crippen molar-refractivity contribution in [2.75, 3.05) is 12.9 Å². The Balaban J connectivity index is 1.69. The predicted octanol–water partition coefficient (Wildman–Crippen LogP) is 3.54. The normalized spacial score (nSPS) is 28.2. The molecule has 1 saturated heterocycles. The van der Waals surface area contributed by atoms with Crippen LogP contribution < -0.4 is 9.47 Å². The molecule has 6 atom stereocenters. The van der Waals surface area contributed by atoms with Gasteiger partial charge in [0.15, 0.2) is 6.10 Å². The summed E-state index contributed by atoms with van der Waals surface area (Å²) in [5, 5.41) is 21.3. The molecule has 2 heterocycles. The van der Waals surface area contributed by atoms with Gasteiger partial charge in [-0.25, -0.2) is 0 Å². The number of halogens is 1. The molecule has 6 nitrogen and oxygen atoms in total. The van der Waals surface area contributed by atoms with E-state index in [2.05, 4.69) is 0 Å². The Labute approximate surface area is 196 Å². The zero-order valence-corrected chi connectivity index (χ0v) is 20.0. The Morgan fingerprint density at radius 2 is 1.97 bits per heavy atom. The summed E-state index contributed by atoms with van der Waals surface area (Å²) >= 11 is 5.35. The van der Waals surface area contributed by atoms with Gasteiger partial charge < -0.3 is 29.0 Å². The molecule has 4 rings (SSSR count). The lowest BCUT2D eigenvalue weighted by molar-refractivity contribution is -0.140. The van der Waals surface area contributed by atoms with E-state index in [0.717, 1.165) is 28.0 Å². The van der Waals surface area contributed by atoms with E-state index >= 15 is 0 Å². The third-order valence-corrected chi connectivity index (χ3v) is 7.47. The molecule has 2 unspecified atom stereocenters. The lowest BCUT2D eigenvalue weighted by Crippen LogP contribution is -2.49. The second-order valence-electron chi connectivity index (χ2n) is 8.42. The fraction of sp³-hybridized carbons (Fsp3) is 0.500. The molecule has 0 aliphatic carbocycles. The van der Waals surface area contributed by atoms with E-state index in [9.17, 15) is 14.8 Å². The number of rotatable bonds is 6. The van der Waals surface area contributed by atoms with Crippen molar-refractivity contribution in [2.45, 2.75) is 63.0 Å². The van der Waals surface area contributed by atoms with Crippen molar-refractivity contribution >= 4 is 22.8 Å². The maximum Gasteiger partial charge on any atom is 0.244 e. The maximum absolute atomic E-state index is 12.1. The Kier molecular flexibility index (Phi) is 7.24. The minimum Gasteiger partial charge on any atom is -0.614 e. The van der Waals surface area contributed by atoms with Crippen LogP contribution >= 0.6 is 11.6 Å². The van der Waals surface area contributed by atoms with Gasteiger partial charge in [-0.05, 0) is 60.8 Å². The number of ether oxygens (including phenoxy) is 3.